The van der Waals surface area contributed by atoms with Crippen molar-refractivity contribution < 1.29 is 9.90 Å². The van der Waals surface area contributed by atoms with Gasteiger partial charge in [0.1, 0.15) is 28.5 Å². The number of aromatic hydroxyl groups is 1. The predicted molar refractivity (Wildman–Crippen MR) is 137 cm³/mol. The lowest BCUT2D eigenvalue weighted by atomic mass is 9.77. The van der Waals surface area contributed by atoms with Crippen LogP contribution >= 0.6 is 11.6 Å². The number of fused-ring (bicyclic) bond motifs is 2. The van der Waals surface area contributed by atoms with Crippen molar-refractivity contribution in [2.75, 3.05) is 11.1 Å². The van der Waals surface area contributed by atoms with E-state index in [1.54, 1.807) is 25.3 Å². The highest BCUT2D eigenvalue weighted by atomic mass is 35.5. The number of hydrogen-bond donors (Lipinski definition) is 3. The third-order valence-electron chi connectivity index (χ3n) is 7.53. The van der Waals surface area contributed by atoms with Crippen molar-refractivity contribution >= 4 is 34.8 Å². The fraction of sp³-hybridized carbons (Fsp3) is 0.346. The third kappa shape index (κ3) is 3.57. The molecule has 4 aromatic rings. The zero-order valence-corrected chi connectivity index (χ0v) is 20.6. The van der Waals surface area contributed by atoms with Crippen molar-refractivity contribution in [2.24, 2.45) is 5.92 Å². The smallest absolute Gasteiger partial charge is 0.240 e. The van der Waals surface area contributed by atoms with Gasteiger partial charge < -0.3 is 20.6 Å². The highest BCUT2D eigenvalue weighted by Crippen LogP contribution is 2.46. The third-order valence-corrected chi connectivity index (χ3v) is 7.83. The Hall–Kier alpha value is -3.72. The van der Waals surface area contributed by atoms with Gasteiger partial charge in [-0.3, -0.25) is 4.79 Å². The Kier molecular flexibility index (Phi) is 5.33. The van der Waals surface area contributed by atoms with Gasteiger partial charge in [-0.05, 0) is 37.0 Å². The lowest BCUT2D eigenvalue weighted by Crippen LogP contribution is -2.33. The highest BCUT2D eigenvalue weighted by Gasteiger charge is 2.47. The van der Waals surface area contributed by atoms with Gasteiger partial charge in [-0.1, -0.05) is 49.8 Å². The maximum absolute atomic E-state index is 13.2. The number of aromatic nitrogens is 5. The molecule has 1 amide bonds. The number of nitrogens with two attached hydrogens (primary N) is 1. The normalized spacial score (nSPS) is 20.0. The van der Waals surface area contributed by atoms with E-state index >= 15 is 0 Å². The maximum atomic E-state index is 13.2. The number of benzene rings is 1. The summed E-state index contributed by atoms with van der Waals surface area (Å²) < 4.78 is 1.94. The van der Waals surface area contributed by atoms with Gasteiger partial charge in [0.25, 0.3) is 0 Å². The Morgan fingerprint density at radius 2 is 2.03 bits per heavy atom. The summed E-state index contributed by atoms with van der Waals surface area (Å²) in [5.41, 5.74) is 8.67. The number of anilines is 2. The number of amides is 1. The first-order chi connectivity index (χ1) is 17.3. The van der Waals surface area contributed by atoms with Crippen molar-refractivity contribution in [2.45, 2.75) is 50.9 Å². The molecule has 9 nitrogen and oxygen atoms in total. The van der Waals surface area contributed by atoms with Crippen molar-refractivity contribution in [3.8, 4) is 17.3 Å². The predicted octanol–water partition coefficient (Wildman–Crippen LogP) is 4.51. The standard InChI is InChI=1S/C26H26ClN7O2/c1-26(15-7-8-19(35)16(27)12-15)20-21(28)31-22(32-23(20)33-25(26)36)18-13-34-10-9-29-24(34)17(30-18)11-14-5-3-2-4-6-14/h7-10,12-14,35H,2-6,11H2,1H3,(H3,28,31,32,33,36)/t26-/m0/s1. The number of carbonyl (C=O) groups excluding carboxylic acids is 1. The van der Waals surface area contributed by atoms with Gasteiger partial charge in [0.2, 0.25) is 5.91 Å². The molecule has 0 spiro atoms. The molecule has 1 aliphatic carbocycles. The molecule has 4 N–H and O–H groups in total. The molecule has 2 aliphatic rings. The van der Waals surface area contributed by atoms with Gasteiger partial charge >= 0.3 is 0 Å². The summed E-state index contributed by atoms with van der Waals surface area (Å²) in [5.74, 6) is 1.09. The van der Waals surface area contributed by atoms with E-state index in [1.807, 2.05) is 16.8 Å². The van der Waals surface area contributed by atoms with Gasteiger partial charge in [0.15, 0.2) is 11.5 Å². The molecule has 3 aromatic heterocycles. The zero-order chi connectivity index (χ0) is 25.0. The Morgan fingerprint density at radius 1 is 1.22 bits per heavy atom. The second-order valence-electron chi connectivity index (χ2n) is 9.84. The molecule has 1 aromatic carbocycles. The van der Waals surface area contributed by atoms with Crippen LogP contribution < -0.4 is 11.1 Å². The first-order valence-corrected chi connectivity index (χ1v) is 12.5. The number of carbonyl (C=O) groups is 1. The molecular weight excluding hydrogens is 478 g/mol. The van der Waals surface area contributed by atoms with Gasteiger partial charge in [-0.25, -0.2) is 19.9 Å². The van der Waals surface area contributed by atoms with Gasteiger partial charge in [-0.15, -0.1) is 0 Å². The number of phenols is 1. The summed E-state index contributed by atoms with van der Waals surface area (Å²) >= 11 is 6.14. The molecule has 6 rings (SSSR count). The number of nitrogens with zero attached hydrogens (tertiary/aromatic N) is 5. The van der Waals surface area contributed by atoms with E-state index in [1.165, 1.54) is 38.2 Å². The van der Waals surface area contributed by atoms with E-state index in [9.17, 15) is 9.90 Å². The van der Waals surface area contributed by atoms with Crippen LogP contribution in [0.2, 0.25) is 5.02 Å². The zero-order valence-electron chi connectivity index (χ0n) is 19.8. The Bertz CT molecular complexity index is 1510. The summed E-state index contributed by atoms with van der Waals surface area (Å²) in [7, 11) is 0. The summed E-state index contributed by atoms with van der Waals surface area (Å²) in [4.78, 5) is 31.9. The molecular formula is C26H26ClN7O2. The fourth-order valence-electron chi connectivity index (χ4n) is 5.52. The summed E-state index contributed by atoms with van der Waals surface area (Å²) in [6.45, 7) is 1.74. The summed E-state index contributed by atoms with van der Waals surface area (Å²) in [6.07, 6.45) is 12.5. The second kappa shape index (κ2) is 8.44. The summed E-state index contributed by atoms with van der Waals surface area (Å²) in [6, 6.07) is 4.66. The number of nitrogen functional groups attached to an aromatic ring is 1. The molecule has 1 aliphatic heterocycles. The minimum absolute atomic E-state index is 0.0628. The van der Waals surface area contributed by atoms with Crippen LogP contribution in [-0.4, -0.2) is 35.4 Å². The SMILES string of the molecule is C[C@@]1(c2ccc(O)c(Cl)c2)C(=O)Nc2nc(-c3cn4ccnc4c(CC4CCCCC4)n3)nc(N)c21. The first kappa shape index (κ1) is 22.7. The van der Waals surface area contributed by atoms with Crippen LogP contribution in [0.25, 0.3) is 17.2 Å². The van der Waals surface area contributed by atoms with E-state index in [4.69, 9.17) is 22.3 Å². The monoisotopic (exact) mass is 503 g/mol. The van der Waals surface area contributed by atoms with Crippen LogP contribution in [0.15, 0.2) is 36.8 Å². The molecule has 0 unspecified atom stereocenters. The number of phenolic OH excluding ortho intramolecular Hbond substituents is 1. The molecule has 1 saturated carbocycles. The number of imidazole rings is 1. The number of nitrogens with one attached hydrogen (secondary N) is 1. The fourth-order valence-corrected chi connectivity index (χ4v) is 5.70. The second-order valence-corrected chi connectivity index (χ2v) is 10.2. The van der Waals surface area contributed by atoms with Gasteiger partial charge in [-0.2, -0.15) is 0 Å². The largest absolute Gasteiger partial charge is 0.506 e. The van der Waals surface area contributed by atoms with E-state index in [2.05, 4.69) is 20.3 Å². The molecule has 184 valence electrons. The van der Waals surface area contributed by atoms with Crippen LogP contribution in [-0.2, 0) is 16.6 Å². The highest BCUT2D eigenvalue weighted by molar-refractivity contribution is 6.32. The lowest BCUT2D eigenvalue weighted by molar-refractivity contribution is -0.119. The number of rotatable bonds is 4. The molecule has 1 fully saturated rings. The summed E-state index contributed by atoms with van der Waals surface area (Å²) in [5, 5.41) is 12.8. The van der Waals surface area contributed by atoms with E-state index < -0.39 is 5.41 Å². The van der Waals surface area contributed by atoms with Crippen LogP contribution in [0.4, 0.5) is 11.6 Å². The van der Waals surface area contributed by atoms with Gasteiger partial charge in [0.05, 0.1) is 16.3 Å². The van der Waals surface area contributed by atoms with E-state index in [0.29, 0.717) is 34.4 Å². The number of halogens is 1. The van der Waals surface area contributed by atoms with Crippen LogP contribution in [0.3, 0.4) is 0 Å². The quantitative estimate of drug-likeness (QED) is 0.373. The van der Waals surface area contributed by atoms with Crippen LogP contribution in [0.5, 0.6) is 5.75 Å². The van der Waals surface area contributed by atoms with Crippen molar-refractivity contribution in [1.29, 1.82) is 0 Å². The Balaban J connectivity index is 1.43. The molecule has 0 saturated heterocycles. The van der Waals surface area contributed by atoms with Crippen molar-refractivity contribution in [3.05, 3.63) is 58.6 Å². The minimum Gasteiger partial charge on any atom is -0.506 e. The number of hydrogen-bond acceptors (Lipinski definition) is 7. The average Bonchev–Trinajstić information content (AvgIpc) is 3.44. The topological polar surface area (TPSA) is 131 Å². The van der Waals surface area contributed by atoms with E-state index in [-0.39, 0.29) is 22.5 Å². The Labute approximate surface area is 212 Å². The molecule has 36 heavy (non-hydrogen) atoms. The average molecular weight is 504 g/mol. The first-order valence-electron chi connectivity index (χ1n) is 12.2. The van der Waals surface area contributed by atoms with Crippen molar-refractivity contribution in [1.82, 2.24) is 24.3 Å². The van der Waals surface area contributed by atoms with Crippen LogP contribution in [0.1, 0.15) is 55.8 Å². The minimum atomic E-state index is -1.16. The molecule has 1 atom stereocenters. The molecule has 4 heterocycles. The van der Waals surface area contributed by atoms with Gasteiger partial charge in [0, 0.05) is 18.6 Å². The Morgan fingerprint density at radius 3 is 2.81 bits per heavy atom. The molecule has 10 heteroatoms. The molecule has 0 radical (unpaired) electrons. The van der Waals surface area contributed by atoms with E-state index in [0.717, 1.165) is 17.8 Å². The van der Waals surface area contributed by atoms with Crippen LogP contribution in [0, 0.1) is 5.92 Å². The van der Waals surface area contributed by atoms with Crippen molar-refractivity contribution in [3.63, 3.8) is 0 Å². The molecule has 0 bridgehead atoms. The lowest BCUT2D eigenvalue weighted by Gasteiger charge is -2.24. The maximum Gasteiger partial charge on any atom is 0.240 e.